The molecule has 1 aromatic carbocycles. The number of carbonyl (C=O) groups excluding carboxylic acids is 1. The van der Waals surface area contributed by atoms with E-state index in [-0.39, 0.29) is 12.0 Å². The number of hydrogen-bond acceptors (Lipinski definition) is 2. The summed E-state index contributed by atoms with van der Waals surface area (Å²) in [5, 5.41) is 0. The molecule has 0 saturated heterocycles. The molecule has 2 heteroatoms. The summed E-state index contributed by atoms with van der Waals surface area (Å²) in [5.41, 5.74) is 1.26. The van der Waals surface area contributed by atoms with E-state index < -0.39 is 0 Å². The number of carbonyl (C=O) groups is 1. The van der Waals surface area contributed by atoms with Gasteiger partial charge in [0.25, 0.3) is 0 Å². The molecule has 0 heterocycles. The van der Waals surface area contributed by atoms with Crippen molar-refractivity contribution in [3.8, 4) is 5.75 Å². The fourth-order valence-corrected chi connectivity index (χ4v) is 2.08. The van der Waals surface area contributed by atoms with E-state index in [0.29, 0.717) is 11.7 Å². The van der Waals surface area contributed by atoms with E-state index in [1.54, 1.807) is 6.92 Å². The number of rotatable bonds is 4. The van der Waals surface area contributed by atoms with Crippen LogP contribution in [0.4, 0.5) is 0 Å². The minimum Gasteiger partial charge on any atom is -0.491 e. The van der Waals surface area contributed by atoms with Gasteiger partial charge in [0.1, 0.15) is 11.5 Å². The van der Waals surface area contributed by atoms with Crippen LogP contribution in [0.1, 0.15) is 38.7 Å². The van der Waals surface area contributed by atoms with Crippen LogP contribution in [0.3, 0.4) is 0 Å². The van der Waals surface area contributed by atoms with Gasteiger partial charge in [-0.2, -0.15) is 0 Å². The molecular weight excluding hydrogens is 200 g/mol. The number of hydrogen-bond donors (Lipinski definition) is 0. The zero-order valence-electron chi connectivity index (χ0n) is 10.1. The van der Waals surface area contributed by atoms with Crippen LogP contribution < -0.4 is 4.74 Å². The molecule has 0 N–H and O–H groups in total. The number of ether oxygens (including phenoxy) is 1. The molecule has 0 unspecified atom stereocenters. The van der Waals surface area contributed by atoms with Crippen LogP contribution in [0.2, 0.25) is 0 Å². The van der Waals surface area contributed by atoms with Gasteiger partial charge < -0.3 is 4.74 Å². The molecule has 0 radical (unpaired) electrons. The van der Waals surface area contributed by atoms with Crippen LogP contribution >= 0.6 is 0 Å². The first-order valence-electron chi connectivity index (χ1n) is 5.85. The molecule has 1 aromatic rings. The van der Waals surface area contributed by atoms with Gasteiger partial charge in [-0.1, -0.05) is 12.1 Å². The van der Waals surface area contributed by atoms with Gasteiger partial charge in [-0.05, 0) is 50.8 Å². The SMILES string of the molecule is CC(=O)[C@@H]1C[C@H]1c1ccc(OC(C)C)cc1. The van der Waals surface area contributed by atoms with Gasteiger partial charge in [0.2, 0.25) is 0 Å². The van der Waals surface area contributed by atoms with Gasteiger partial charge in [-0.3, -0.25) is 4.79 Å². The normalized spacial score (nSPS) is 23.2. The molecular formula is C14H18O2. The van der Waals surface area contributed by atoms with Crippen molar-refractivity contribution in [2.24, 2.45) is 5.92 Å². The Balaban J connectivity index is 2.01. The van der Waals surface area contributed by atoms with Gasteiger partial charge in [0.15, 0.2) is 0 Å². The first kappa shape index (κ1) is 11.2. The lowest BCUT2D eigenvalue weighted by atomic mass is 10.1. The Morgan fingerprint density at radius 3 is 2.38 bits per heavy atom. The molecule has 86 valence electrons. The monoisotopic (exact) mass is 218 g/mol. The Hall–Kier alpha value is -1.31. The van der Waals surface area contributed by atoms with Gasteiger partial charge in [-0.25, -0.2) is 0 Å². The molecule has 1 saturated carbocycles. The Kier molecular flexibility index (Phi) is 2.99. The minimum absolute atomic E-state index is 0.205. The maximum atomic E-state index is 11.2. The van der Waals surface area contributed by atoms with E-state index in [9.17, 15) is 4.79 Å². The minimum atomic E-state index is 0.205. The number of Topliss-reactive ketones (excluding diaryl/α,β-unsaturated/α-hetero) is 1. The molecule has 2 nitrogen and oxygen atoms in total. The van der Waals surface area contributed by atoms with Crippen molar-refractivity contribution in [1.82, 2.24) is 0 Å². The predicted molar refractivity (Wildman–Crippen MR) is 63.7 cm³/mol. The van der Waals surface area contributed by atoms with Crippen LogP contribution in [0.15, 0.2) is 24.3 Å². The predicted octanol–water partition coefficient (Wildman–Crippen LogP) is 3.17. The summed E-state index contributed by atoms with van der Waals surface area (Å²) in [7, 11) is 0. The van der Waals surface area contributed by atoms with Gasteiger partial charge in [0, 0.05) is 5.92 Å². The van der Waals surface area contributed by atoms with Gasteiger partial charge in [0.05, 0.1) is 6.10 Å². The highest BCUT2D eigenvalue weighted by molar-refractivity contribution is 5.82. The Bertz CT molecular complexity index is 378. The fourth-order valence-electron chi connectivity index (χ4n) is 2.08. The van der Waals surface area contributed by atoms with Crippen molar-refractivity contribution in [2.45, 2.75) is 39.2 Å². The topological polar surface area (TPSA) is 26.3 Å². The second-order valence-electron chi connectivity index (χ2n) is 4.79. The Morgan fingerprint density at radius 2 is 1.94 bits per heavy atom. The highest BCUT2D eigenvalue weighted by Crippen LogP contribution is 2.48. The molecule has 0 aromatic heterocycles. The molecule has 1 aliphatic rings. The zero-order valence-corrected chi connectivity index (χ0v) is 10.1. The largest absolute Gasteiger partial charge is 0.491 e. The molecule has 2 rings (SSSR count). The molecule has 1 fully saturated rings. The highest BCUT2D eigenvalue weighted by atomic mass is 16.5. The van der Waals surface area contributed by atoms with E-state index in [1.165, 1.54) is 5.56 Å². The molecule has 0 amide bonds. The van der Waals surface area contributed by atoms with Gasteiger partial charge >= 0.3 is 0 Å². The molecule has 1 aliphatic carbocycles. The lowest BCUT2D eigenvalue weighted by Gasteiger charge is -2.09. The Morgan fingerprint density at radius 1 is 1.31 bits per heavy atom. The average molecular weight is 218 g/mol. The second-order valence-corrected chi connectivity index (χ2v) is 4.79. The summed E-state index contributed by atoms with van der Waals surface area (Å²) in [4.78, 5) is 11.2. The van der Waals surface area contributed by atoms with Crippen molar-refractivity contribution < 1.29 is 9.53 Å². The quantitative estimate of drug-likeness (QED) is 0.776. The average Bonchev–Trinajstić information content (AvgIpc) is 2.97. The number of ketones is 1. The molecule has 0 aliphatic heterocycles. The van der Waals surface area contributed by atoms with Crippen molar-refractivity contribution in [1.29, 1.82) is 0 Å². The fraction of sp³-hybridized carbons (Fsp3) is 0.500. The van der Waals surface area contributed by atoms with E-state index in [2.05, 4.69) is 12.1 Å². The summed E-state index contributed by atoms with van der Waals surface area (Å²) >= 11 is 0. The van der Waals surface area contributed by atoms with E-state index in [0.717, 1.165) is 12.2 Å². The maximum Gasteiger partial charge on any atom is 0.133 e. The van der Waals surface area contributed by atoms with Crippen LogP contribution in [0, 0.1) is 5.92 Å². The van der Waals surface area contributed by atoms with Crippen molar-refractivity contribution in [3.05, 3.63) is 29.8 Å². The summed E-state index contributed by atoms with van der Waals surface area (Å²) < 4.78 is 5.58. The summed E-state index contributed by atoms with van der Waals surface area (Å²) in [5.74, 6) is 1.92. The third-order valence-electron chi connectivity index (χ3n) is 2.99. The number of benzene rings is 1. The highest BCUT2D eigenvalue weighted by Gasteiger charge is 2.41. The molecule has 16 heavy (non-hydrogen) atoms. The molecule has 2 atom stereocenters. The van der Waals surface area contributed by atoms with E-state index >= 15 is 0 Å². The van der Waals surface area contributed by atoms with Crippen molar-refractivity contribution in [2.75, 3.05) is 0 Å². The van der Waals surface area contributed by atoms with Crippen LogP contribution in [-0.4, -0.2) is 11.9 Å². The summed E-state index contributed by atoms with van der Waals surface area (Å²) in [6.45, 7) is 5.71. The van der Waals surface area contributed by atoms with E-state index in [1.807, 2.05) is 26.0 Å². The van der Waals surface area contributed by atoms with E-state index in [4.69, 9.17) is 4.74 Å². The van der Waals surface area contributed by atoms with Crippen LogP contribution in [0.25, 0.3) is 0 Å². The lowest BCUT2D eigenvalue weighted by molar-refractivity contribution is -0.118. The van der Waals surface area contributed by atoms with Crippen LogP contribution in [-0.2, 0) is 4.79 Å². The van der Waals surface area contributed by atoms with Gasteiger partial charge in [-0.15, -0.1) is 0 Å². The lowest BCUT2D eigenvalue weighted by Crippen LogP contribution is -2.05. The standard InChI is InChI=1S/C14H18O2/c1-9(2)16-12-6-4-11(5-7-12)14-8-13(14)10(3)15/h4-7,9,13-14H,8H2,1-3H3/t13-,14-/m0/s1. The third-order valence-corrected chi connectivity index (χ3v) is 2.99. The first-order chi connectivity index (χ1) is 7.58. The molecule has 0 spiro atoms. The smallest absolute Gasteiger partial charge is 0.133 e. The zero-order chi connectivity index (χ0) is 11.7. The summed E-state index contributed by atoms with van der Waals surface area (Å²) in [6, 6.07) is 8.13. The summed E-state index contributed by atoms with van der Waals surface area (Å²) in [6.07, 6.45) is 1.22. The van der Waals surface area contributed by atoms with Crippen LogP contribution in [0.5, 0.6) is 5.75 Å². The van der Waals surface area contributed by atoms with Crippen molar-refractivity contribution >= 4 is 5.78 Å². The third kappa shape index (κ3) is 2.43. The maximum absolute atomic E-state index is 11.2. The molecule has 0 bridgehead atoms. The Labute approximate surface area is 96.6 Å². The first-order valence-corrected chi connectivity index (χ1v) is 5.85. The van der Waals surface area contributed by atoms with Crippen molar-refractivity contribution in [3.63, 3.8) is 0 Å². The second kappa shape index (κ2) is 4.28.